The molecule has 0 aliphatic carbocycles. The van der Waals surface area contributed by atoms with E-state index in [4.69, 9.17) is 9.47 Å². The van der Waals surface area contributed by atoms with E-state index in [0.717, 1.165) is 17.1 Å². The van der Waals surface area contributed by atoms with Crippen LogP contribution in [0.15, 0.2) is 90.3 Å². The number of aromatic nitrogens is 2. The Morgan fingerprint density at radius 2 is 1.80 bits per heavy atom. The minimum absolute atomic E-state index is 0.138. The molecule has 2 N–H and O–H groups in total. The lowest BCUT2D eigenvalue weighted by molar-refractivity contribution is 0.0344. The number of imidazole rings is 1. The zero-order valence-corrected chi connectivity index (χ0v) is 26.6. The van der Waals surface area contributed by atoms with Crippen LogP contribution in [-0.2, 0) is 23.6 Å². The highest BCUT2D eigenvalue weighted by atomic mass is 32.2. The van der Waals surface area contributed by atoms with Gasteiger partial charge >= 0.3 is 0 Å². The Morgan fingerprint density at radius 3 is 2.47 bits per heavy atom. The molecule has 0 bridgehead atoms. The zero-order valence-electron chi connectivity index (χ0n) is 25.8. The lowest BCUT2D eigenvalue weighted by Gasteiger charge is -2.38. The normalized spacial score (nSPS) is 17.6. The number of sulfonamides is 1. The number of aryl methyl sites for hydroxylation is 1. The predicted octanol–water partition coefficient (Wildman–Crippen LogP) is 4.37. The first-order chi connectivity index (χ1) is 21.5. The summed E-state index contributed by atoms with van der Waals surface area (Å²) >= 11 is 0. The van der Waals surface area contributed by atoms with Crippen molar-refractivity contribution in [2.75, 3.05) is 31.5 Å². The van der Waals surface area contributed by atoms with Crippen molar-refractivity contribution in [3.8, 4) is 17.2 Å². The van der Waals surface area contributed by atoms with Crippen LogP contribution in [-0.4, -0.2) is 77.7 Å². The fourth-order valence-corrected chi connectivity index (χ4v) is 6.28. The molecule has 0 saturated heterocycles. The minimum atomic E-state index is -4.06. The number of likely N-dealkylation sites (N-methyl/N-ethyl adjacent to an activating group) is 1. The second-order valence-electron chi connectivity index (χ2n) is 11.5. The number of amides is 1. The number of rotatable bonds is 11. The number of nitrogens with zero attached hydrogens (tertiary/aromatic N) is 4. The predicted molar refractivity (Wildman–Crippen MR) is 171 cm³/mol. The molecule has 45 heavy (non-hydrogen) atoms. The van der Waals surface area contributed by atoms with Crippen LogP contribution >= 0.6 is 0 Å². The van der Waals surface area contributed by atoms with Crippen LogP contribution in [0.1, 0.15) is 29.8 Å². The monoisotopic (exact) mass is 633 g/mol. The molecule has 3 atom stereocenters. The van der Waals surface area contributed by atoms with Crippen molar-refractivity contribution in [1.29, 1.82) is 0 Å². The van der Waals surface area contributed by atoms with Gasteiger partial charge in [-0.2, -0.15) is 8.42 Å². The molecule has 2 heterocycles. The van der Waals surface area contributed by atoms with E-state index in [1.807, 2.05) is 68.6 Å². The Hall–Kier alpha value is -4.39. The number of carbonyl (C=O) groups is 1. The standard InChI is InChI=1S/C33H39N5O6S/c1-23-17-38(24(2)21-39)33(40)28-11-8-12-29(35-45(41,42)31-20-37(4)22-34-31)32(28)44-30(23)19-36(3)18-25-13-15-27(16-14-25)43-26-9-6-5-7-10-26/h5-16,20,22-24,30,35,39H,17-19,21H2,1-4H3/t23-,24+,30+/m1/s1. The fraction of sp³-hybridized carbons (Fsp3) is 0.333. The summed E-state index contributed by atoms with van der Waals surface area (Å²) in [7, 11) is -0.401. The highest BCUT2D eigenvalue weighted by Gasteiger charge is 2.35. The van der Waals surface area contributed by atoms with Gasteiger partial charge in [-0.3, -0.25) is 14.4 Å². The second kappa shape index (κ2) is 13.7. The van der Waals surface area contributed by atoms with Crippen molar-refractivity contribution >= 4 is 21.6 Å². The fourth-order valence-electron chi connectivity index (χ4n) is 5.24. The summed E-state index contributed by atoms with van der Waals surface area (Å²) in [6.45, 7) is 5.02. The maximum atomic E-state index is 13.8. The smallest absolute Gasteiger partial charge is 0.281 e. The summed E-state index contributed by atoms with van der Waals surface area (Å²) in [6, 6.07) is 21.8. The molecule has 3 aromatic carbocycles. The topological polar surface area (TPSA) is 126 Å². The van der Waals surface area contributed by atoms with Gasteiger partial charge in [0.05, 0.1) is 30.2 Å². The van der Waals surface area contributed by atoms with Crippen molar-refractivity contribution < 1.29 is 27.8 Å². The number of hydrogen-bond acceptors (Lipinski definition) is 8. The third kappa shape index (κ3) is 7.64. The average Bonchev–Trinajstić information content (AvgIpc) is 3.47. The number of carbonyl (C=O) groups excluding carboxylic acids is 1. The molecule has 238 valence electrons. The molecule has 4 aromatic rings. The molecule has 1 aromatic heterocycles. The van der Waals surface area contributed by atoms with Crippen LogP contribution < -0.4 is 14.2 Å². The summed E-state index contributed by atoms with van der Waals surface area (Å²) in [5.74, 6) is 1.15. The first kappa shape index (κ1) is 32.0. The maximum absolute atomic E-state index is 13.8. The number of ether oxygens (including phenoxy) is 2. The van der Waals surface area contributed by atoms with Crippen LogP contribution in [0.25, 0.3) is 0 Å². The Bertz CT molecular complexity index is 1710. The van der Waals surface area contributed by atoms with Crippen LogP contribution in [0.4, 0.5) is 5.69 Å². The van der Waals surface area contributed by atoms with Gasteiger partial charge in [-0.1, -0.05) is 43.3 Å². The molecule has 12 heteroatoms. The van der Waals surface area contributed by atoms with E-state index < -0.39 is 22.2 Å². The molecule has 0 spiro atoms. The van der Waals surface area contributed by atoms with Gasteiger partial charge in [-0.15, -0.1) is 0 Å². The van der Waals surface area contributed by atoms with E-state index in [-0.39, 0.29) is 40.5 Å². The molecule has 5 rings (SSSR count). The molecular weight excluding hydrogens is 594 g/mol. The van der Waals surface area contributed by atoms with Crippen LogP contribution in [0.3, 0.4) is 0 Å². The molecule has 1 aliphatic rings. The van der Waals surface area contributed by atoms with Gasteiger partial charge in [0.25, 0.3) is 15.9 Å². The minimum Gasteiger partial charge on any atom is -0.486 e. The second-order valence-corrected chi connectivity index (χ2v) is 13.2. The quantitative estimate of drug-likeness (QED) is 0.250. The number of benzene rings is 3. The molecule has 0 fully saturated rings. The van der Waals surface area contributed by atoms with E-state index in [1.54, 1.807) is 37.1 Å². The van der Waals surface area contributed by atoms with Crippen LogP contribution in [0.2, 0.25) is 0 Å². The number of nitrogens with one attached hydrogen (secondary N) is 1. The van der Waals surface area contributed by atoms with E-state index in [9.17, 15) is 18.3 Å². The Kier molecular flexibility index (Phi) is 9.76. The number of para-hydroxylation sites is 2. The number of fused-ring (bicyclic) bond motifs is 1. The SMILES string of the molecule is C[C@@H]1CN([C@@H](C)CO)C(=O)c2cccc(NS(=O)(=O)c3cn(C)cn3)c2O[C@H]1CN(C)Cc1ccc(Oc2ccccc2)cc1. The first-order valence-electron chi connectivity index (χ1n) is 14.8. The highest BCUT2D eigenvalue weighted by Crippen LogP contribution is 2.36. The summed E-state index contributed by atoms with van der Waals surface area (Å²) in [4.78, 5) is 21.5. The van der Waals surface area contributed by atoms with E-state index in [1.165, 1.54) is 17.1 Å². The lowest BCUT2D eigenvalue weighted by Crippen LogP contribution is -2.49. The van der Waals surface area contributed by atoms with E-state index >= 15 is 0 Å². The van der Waals surface area contributed by atoms with Gasteiger partial charge < -0.3 is 24.0 Å². The third-order valence-corrected chi connectivity index (χ3v) is 8.99. The molecule has 0 radical (unpaired) electrons. The highest BCUT2D eigenvalue weighted by molar-refractivity contribution is 7.92. The van der Waals surface area contributed by atoms with Crippen LogP contribution in [0, 0.1) is 5.92 Å². The maximum Gasteiger partial charge on any atom is 0.281 e. The van der Waals surface area contributed by atoms with Gasteiger partial charge in [0.15, 0.2) is 10.8 Å². The van der Waals surface area contributed by atoms with Gasteiger partial charge in [-0.05, 0) is 55.9 Å². The summed E-state index contributed by atoms with van der Waals surface area (Å²) in [5.41, 5.74) is 1.43. The van der Waals surface area contributed by atoms with Gasteiger partial charge in [0.2, 0.25) is 0 Å². The zero-order chi connectivity index (χ0) is 32.1. The molecule has 1 aliphatic heterocycles. The molecule has 11 nitrogen and oxygen atoms in total. The first-order valence-corrected chi connectivity index (χ1v) is 16.2. The average molecular weight is 634 g/mol. The Labute approximate surface area is 264 Å². The van der Waals surface area contributed by atoms with E-state index in [0.29, 0.717) is 19.6 Å². The van der Waals surface area contributed by atoms with Gasteiger partial charge in [0.1, 0.15) is 17.6 Å². The Balaban J connectivity index is 1.39. The molecule has 0 unspecified atom stereocenters. The van der Waals surface area contributed by atoms with Crippen molar-refractivity contribution in [2.45, 2.75) is 37.6 Å². The molecule has 1 amide bonds. The van der Waals surface area contributed by atoms with Crippen molar-refractivity contribution in [1.82, 2.24) is 19.4 Å². The number of aliphatic hydroxyl groups is 1. The summed E-state index contributed by atoms with van der Waals surface area (Å²) in [5, 5.41) is 9.82. The molecular formula is C33H39N5O6S. The third-order valence-electron chi connectivity index (χ3n) is 7.74. The largest absolute Gasteiger partial charge is 0.486 e. The molecule has 0 saturated carbocycles. The van der Waals surface area contributed by atoms with Crippen molar-refractivity contribution in [3.05, 3.63) is 96.4 Å². The van der Waals surface area contributed by atoms with Gasteiger partial charge in [-0.25, -0.2) is 4.98 Å². The number of anilines is 1. The summed E-state index contributed by atoms with van der Waals surface area (Å²) < 4.78 is 43.0. The van der Waals surface area contributed by atoms with Crippen molar-refractivity contribution in [3.63, 3.8) is 0 Å². The lowest BCUT2D eigenvalue weighted by atomic mass is 9.99. The van der Waals surface area contributed by atoms with Crippen LogP contribution in [0.5, 0.6) is 17.2 Å². The van der Waals surface area contributed by atoms with Crippen molar-refractivity contribution in [2.24, 2.45) is 13.0 Å². The van der Waals surface area contributed by atoms with E-state index in [2.05, 4.69) is 14.6 Å². The number of aliphatic hydroxyl groups excluding tert-OH is 1. The number of hydrogen-bond donors (Lipinski definition) is 2. The Morgan fingerprint density at radius 1 is 1.09 bits per heavy atom. The summed E-state index contributed by atoms with van der Waals surface area (Å²) in [6.07, 6.45) is 2.37. The van der Waals surface area contributed by atoms with Gasteiger partial charge in [0, 0.05) is 38.8 Å².